The highest BCUT2D eigenvalue weighted by molar-refractivity contribution is 5.98. The topological polar surface area (TPSA) is 40.6 Å². The van der Waals surface area contributed by atoms with Crippen molar-refractivity contribution in [3.8, 4) is 0 Å². The molecule has 1 fully saturated rings. The number of nitrogens with zero attached hydrogens (tertiary/aromatic N) is 2. The quantitative estimate of drug-likeness (QED) is 0.802. The fraction of sp³-hybridized carbons (Fsp3) is 0.600. The molecule has 1 aliphatic rings. The van der Waals surface area contributed by atoms with Crippen LogP contribution in [0.3, 0.4) is 0 Å². The van der Waals surface area contributed by atoms with Crippen LogP contribution in [0.15, 0.2) is 24.3 Å². The van der Waals surface area contributed by atoms with Gasteiger partial charge in [-0.2, -0.15) is 0 Å². The summed E-state index contributed by atoms with van der Waals surface area (Å²) >= 11 is 0. The molecule has 0 saturated carbocycles. The molecule has 0 spiro atoms. The fourth-order valence-corrected chi connectivity index (χ4v) is 3.25. The van der Waals surface area contributed by atoms with Gasteiger partial charge in [-0.25, -0.2) is 0 Å². The van der Waals surface area contributed by atoms with Gasteiger partial charge in [-0.05, 0) is 36.5 Å². The molecule has 1 heterocycles. The lowest BCUT2D eigenvalue weighted by atomic mass is 10.00. The molecule has 0 radical (unpaired) electrons. The predicted octanol–water partition coefficient (Wildman–Crippen LogP) is 3.36. The zero-order valence-corrected chi connectivity index (χ0v) is 15.4. The molecule has 0 aromatic heterocycles. The summed E-state index contributed by atoms with van der Waals surface area (Å²) in [6.45, 7) is 7.71. The van der Waals surface area contributed by atoms with Gasteiger partial charge in [-0.1, -0.05) is 45.7 Å². The molecular formula is C20H30N2O2. The van der Waals surface area contributed by atoms with Crippen molar-refractivity contribution in [1.82, 2.24) is 9.80 Å². The number of hydrogen-bond acceptors (Lipinski definition) is 2. The van der Waals surface area contributed by atoms with Crippen LogP contribution < -0.4 is 0 Å². The summed E-state index contributed by atoms with van der Waals surface area (Å²) in [6, 6.07) is 7.56. The second-order valence-corrected chi connectivity index (χ2v) is 7.21. The van der Waals surface area contributed by atoms with Crippen LogP contribution in [-0.4, -0.2) is 47.8 Å². The minimum absolute atomic E-state index is 0.0198. The highest BCUT2D eigenvalue weighted by Gasteiger charge is 2.35. The lowest BCUT2D eigenvalue weighted by molar-refractivity contribution is -0.138. The Labute approximate surface area is 145 Å². The fourth-order valence-electron chi connectivity index (χ4n) is 3.25. The van der Waals surface area contributed by atoms with E-state index < -0.39 is 0 Å². The first-order valence-electron chi connectivity index (χ1n) is 9.09. The number of hydrogen-bond donors (Lipinski definition) is 0. The summed E-state index contributed by atoms with van der Waals surface area (Å²) in [5, 5.41) is 0. The Morgan fingerprint density at radius 1 is 1.21 bits per heavy atom. The number of likely N-dealkylation sites (N-methyl/N-ethyl adjacent to an activating group) is 1. The average molecular weight is 330 g/mol. The van der Waals surface area contributed by atoms with Crippen molar-refractivity contribution in [3.63, 3.8) is 0 Å². The molecule has 4 heteroatoms. The molecule has 1 saturated heterocycles. The van der Waals surface area contributed by atoms with Gasteiger partial charge in [0.15, 0.2) is 0 Å². The Bertz CT molecular complexity index is 566. The zero-order chi connectivity index (χ0) is 17.7. The summed E-state index contributed by atoms with van der Waals surface area (Å²) in [5.41, 5.74) is 1.93. The van der Waals surface area contributed by atoms with Gasteiger partial charge in [0.2, 0.25) is 5.91 Å². The first-order valence-corrected chi connectivity index (χ1v) is 9.09. The lowest BCUT2D eigenvalue weighted by Gasteiger charge is -2.39. The smallest absolute Gasteiger partial charge is 0.254 e. The summed E-state index contributed by atoms with van der Waals surface area (Å²) in [5.74, 6) is 0.647. The molecule has 0 bridgehead atoms. The third-order valence-corrected chi connectivity index (χ3v) is 4.65. The van der Waals surface area contributed by atoms with Crippen LogP contribution >= 0.6 is 0 Å². The van der Waals surface area contributed by atoms with E-state index in [1.54, 1.807) is 9.80 Å². The van der Waals surface area contributed by atoms with Crippen molar-refractivity contribution in [2.75, 3.05) is 20.1 Å². The SMILES string of the molecule is CCCCC1C(=O)N(C)CCN1C(=O)c1ccc(CC(C)C)cc1. The van der Waals surface area contributed by atoms with Crippen molar-refractivity contribution >= 4 is 11.8 Å². The number of carbonyl (C=O) groups excluding carboxylic acids is 2. The second-order valence-electron chi connectivity index (χ2n) is 7.21. The number of benzene rings is 1. The minimum Gasteiger partial charge on any atom is -0.342 e. The zero-order valence-electron chi connectivity index (χ0n) is 15.4. The van der Waals surface area contributed by atoms with E-state index in [0.29, 0.717) is 24.6 Å². The molecule has 0 N–H and O–H groups in total. The van der Waals surface area contributed by atoms with E-state index in [-0.39, 0.29) is 17.9 Å². The number of unbranched alkanes of at least 4 members (excludes halogenated alkanes) is 1. The van der Waals surface area contributed by atoms with Crippen LogP contribution in [0.1, 0.15) is 56.0 Å². The monoisotopic (exact) mass is 330 g/mol. The molecule has 1 unspecified atom stereocenters. The molecular weight excluding hydrogens is 300 g/mol. The highest BCUT2D eigenvalue weighted by Crippen LogP contribution is 2.20. The van der Waals surface area contributed by atoms with Gasteiger partial charge < -0.3 is 9.80 Å². The largest absolute Gasteiger partial charge is 0.342 e. The summed E-state index contributed by atoms with van der Waals surface area (Å²) < 4.78 is 0. The lowest BCUT2D eigenvalue weighted by Crippen LogP contribution is -2.57. The van der Waals surface area contributed by atoms with Crippen molar-refractivity contribution in [2.45, 2.75) is 52.5 Å². The van der Waals surface area contributed by atoms with Crippen LogP contribution in [0, 0.1) is 5.92 Å². The third kappa shape index (κ3) is 4.37. The van der Waals surface area contributed by atoms with E-state index in [1.165, 1.54) is 5.56 Å². The molecule has 0 aliphatic carbocycles. The maximum absolute atomic E-state index is 12.9. The van der Waals surface area contributed by atoms with E-state index in [1.807, 2.05) is 31.3 Å². The van der Waals surface area contributed by atoms with Gasteiger partial charge in [0.25, 0.3) is 5.91 Å². The van der Waals surface area contributed by atoms with Crippen molar-refractivity contribution in [1.29, 1.82) is 0 Å². The van der Waals surface area contributed by atoms with E-state index >= 15 is 0 Å². The van der Waals surface area contributed by atoms with Crippen LogP contribution in [0.4, 0.5) is 0 Å². The van der Waals surface area contributed by atoms with Crippen LogP contribution in [-0.2, 0) is 11.2 Å². The highest BCUT2D eigenvalue weighted by atomic mass is 16.2. The number of piperazine rings is 1. The van der Waals surface area contributed by atoms with Crippen molar-refractivity contribution in [2.24, 2.45) is 5.92 Å². The van der Waals surface area contributed by atoms with Crippen LogP contribution in [0.25, 0.3) is 0 Å². The Morgan fingerprint density at radius 2 is 1.88 bits per heavy atom. The Kier molecular flexibility index (Phi) is 6.41. The van der Waals surface area contributed by atoms with Gasteiger partial charge >= 0.3 is 0 Å². The molecule has 1 aromatic carbocycles. The molecule has 4 nitrogen and oxygen atoms in total. The molecule has 2 rings (SSSR count). The maximum Gasteiger partial charge on any atom is 0.254 e. The second kappa shape index (κ2) is 8.32. The molecule has 1 atom stereocenters. The first kappa shape index (κ1) is 18.5. The van der Waals surface area contributed by atoms with Crippen LogP contribution in [0.2, 0.25) is 0 Å². The van der Waals surface area contributed by atoms with E-state index in [0.717, 1.165) is 25.7 Å². The first-order chi connectivity index (χ1) is 11.4. The van der Waals surface area contributed by atoms with Crippen LogP contribution in [0.5, 0.6) is 0 Å². The summed E-state index contributed by atoms with van der Waals surface area (Å²) in [6.07, 6.45) is 3.75. The van der Waals surface area contributed by atoms with E-state index in [4.69, 9.17) is 0 Å². The van der Waals surface area contributed by atoms with Gasteiger partial charge in [0.1, 0.15) is 6.04 Å². The Morgan fingerprint density at radius 3 is 2.46 bits per heavy atom. The van der Waals surface area contributed by atoms with Gasteiger partial charge in [-0.3, -0.25) is 9.59 Å². The minimum atomic E-state index is -0.313. The average Bonchev–Trinajstić information content (AvgIpc) is 2.56. The molecule has 1 aliphatic heterocycles. The molecule has 1 aromatic rings. The Hall–Kier alpha value is -1.84. The van der Waals surface area contributed by atoms with Crippen molar-refractivity contribution < 1.29 is 9.59 Å². The normalized spacial score (nSPS) is 18.4. The van der Waals surface area contributed by atoms with E-state index in [2.05, 4.69) is 20.8 Å². The van der Waals surface area contributed by atoms with E-state index in [9.17, 15) is 9.59 Å². The number of amides is 2. The maximum atomic E-state index is 12.9. The third-order valence-electron chi connectivity index (χ3n) is 4.65. The molecule has 24 heavy (non-hydrogen) atoms. The van der Waals surface area contributed by atoms with Crippen molar-refractivity contribution in [3.05, 3.63) is 35.4 Å². The summed E-state index contributed by atoms with van der Waals surface area (Å²) in [4.78, 5) is 28.9. The van der Waals surface area contributed by atoms with Gasteiger partial charge in [-0.15, -0.1) is 0 Å². The number of rotatable bonds is 6. The summed E-state index contributed by atoms with van der Waals surface area (Å²) in [7, 11) is 1.82. The van der Waals surface area contributed by atoms with Gasteiger partial charge in [0, 0.05) is 25.7 Å². The molecule has 132 valence electrons. The number of carbonyl (C=O) groups is 2. The Balaban J connectivity index is 2.14. The van der Waals surface area contributed by atoms with Gasteiger partial charge in [0.05, 0.1) is 0 Å². The standard InChI is InChI=1S/C20H30N2O2/c1-5-6-7-18-20(24)21(4)12-13-22(18)19(23)17-10-8-16(9-11-17)14-15(2)3/h8-11,15,18H,5-7,12-14H2,1-4H3. The molecule has 2 amide bonds. The predicted molar refractivity (Wildman–Crippen MR) is 97.0 cm³/mol.